The highest BCUT2D eigenvalue weighted by Crippen LogP contribution is 2.15. The Balaban J connectivity index is 1.70. The maximum Gasteiger partial charge on any atom is 0.191 e. The topological polar surface area (TPSA) is 39.7 Å². The Morgan fingerprint density at radius 2 is 2.04 bits per heavy atom. The Hall–Kier alpha value is -1.62. The molecule has 128 valence electrons. The van der Waals surface area contributed by atoms with Crippen molar-refractivity contribution >= 4 is 5.96 Å². The van der Waals surface area contributed by atoms with Gasteiger partial charge in [0.25, 0.3) is 0 Å². The minimum atomic E-state index is -0.160. The van der Waals surface area contributed by atoms with Gasteiger partial charge in [0.1, 0.15) is 5.82 Å². The normalized spacial score (nSPS) is 17.3. The number of hydrogen-bond acceptors (Lipinski definition) is 2. The molecule has 0 aromatic heterocycles. The Kier molecular flexibility index (Phi) is 6.84. The summed E-state index contributed by atoms with van der Waals surface area (Å²) in [6.07, 6.45) is 2.60. The highest BCUT2D eigenvalue weighted by atomic mass is 19.1. The molecule has 5 heteroatoms. The number of likely N-dealkylation sites (tertiary alicyclic amines) is 1. The molecule has 1 heterocycles. The molecule has 0 aliphatic carbocycles. The largest absolute Gasteiger partial charge is 0.355 e. The van der Waals surface area contributed by atoms with Crippen LogP contribution in [0, 0.1) is 18.7 Å². The average Bonchev–Trinajstić information content (AvgIpc) is 2.55. The van der Waals surface area contributed by atoms with Crippen molar-refractivity contribution in [2.45, 2.75) is 33.2 Å². The minimum absolute atomic E-state index is 0.160. The van der Waals surface area contributed by atoms with Crippen molar-refractivity contribution in [2.75, 3.05) is 33.2 Å². The van der Waals surface area contributed by atoms with Crippen LogP contribution in [0.25, 0.3) is 0 Å². The van der Waals surface area contributed by atoms with E-state index in [-0.39, 0.29) is 5.82 Å². The molecule has 4 nitrogen and oxygen atoms in total. The number of guanidine groups is 1. The second kappa shape index (κ2) is 8.87. The monoisotopic (exact) mass is 320 g/mol. The van der Waals surface area contributed by atoms with E-state index in [1.54, 1.807) is 20.0 Å². The van der Waals surface area contributed by atoms with Crippen LogP contribution < -0.4 is 10.6 Å². The summed E-state index contributed by atoms with van der Waals surface area (Å²) < 4.78 is 13.3. The van der Waals surface area contributed by atoms with Gasteiger partial charge in [-0.2, -0.15) is 0 Å². The van der Waals surface area contributed by atoms with Gasteiger partial charge in [-0.15, -0.1) is 0 Å². The van der Waals surface area contributed by atoms with E-state index in [0.717, 1.165) is 30.5 Å². The van der Waals surface area contributed by atoms with E-state index >= 15 is 0 Å². The standard InChI is InChI=1S/C18H29FN4/c1-14-6-9-23(10-7-14)11-8-21-18(20-3)22-13-16-4-5-17(19)15(2)12-16/h4-5,12,14H,6-11,13H2,1-3H3,(H2,20,21,22). The van der Waals surface area contributed by atoms with Crippen molar-refractivity contribution in [1.82, 2.24) is 15.5 Å². The molecule has 1 aliphatic rings. The van der Waals surface area contributed by atoms with E-state index in [1.165, 1.54) is 32.0 Å². The average molecular weight is 320 g/mol. The predicted octanol–water partition coefficient (Wildman–Crippen LogP) is 2.53. The molecular formula is C18H29FN4. The zero-order valence-corrected chi connectivity index (χ0v) is 14.5. The first-order valence-corrected chi connectivity index (χ1v) is 8.50. The molecule has 1 aliphatic heterocycles. The lowest BCUT2D eigenvalue weighted by atomic mass is 9.99. The molecule has 0 spiro atoms. The van der Waals surface area contributed by atoms with Gasteiger partial charge >= 0.3 is 0 Å². The molecule has 0 amide bonds. The fourth-order valence-electron chi connectivity index (χ4n) is 2.84. The Labute approximate surface area is 139 Å². The zero-order valence-electron chi connectivity index (χ0n) is 14.5. The number of aryl methyl sites for hydroxylation is 1. The molecule has 0 unspecified atom stereocenters. The van der Waals surface area contributed by atoms with E-state index in [0.29, 0.717) is 12.1 Å². The molecule has 0 atom stereocenters. The van der Waals surface area contributed by atoms with Crippen molar-refractivity contribution in [3.05, 3.63) is 35.1 Å². The molecule has 1 saturated heterocycles. The molecule has 1 aromatic carbocycles. The second-order valence-electron chi connectivity index (χ2n) is 6.46. The van der Waals surface area contributed by atoms with Gasteiger partial charge in [0.2, 0.25) is 0 Å². The van der Waals surface area contributed by atoms with Crippen LogP contribution >= 0.6 is 0 Å². The van der Waals surface area contributed by atoms with Crippen molar-refractivity contribution < 1.29 is 4.39 Å². The summed E-state index contributed by atoms with van der Waals surface area (Å²) in [5.74, 6) is 1.50. The van der Waals surface area contributed by atoms with E-state index in [4.69, 9.17) is 0 Å². The fourth-order valence-corrected chi connectivity index (χ4v) is 2.84. The predicted molar refractivity (Wildman–Crippen MR) is 94.2 cm³/mol. The van der Waals surface area contributed by atoms with Crippen LogP contribution in [0.15, 0.2) is 23.2 Å². The summed E-state index contributed by atoms with van der Waals surface area (Å²) in [5.41, 5.74) is 1.73. The van der Waals surface area contributed by atoms with E-state index in [9.17, 15) is 4.39 Å². The number of benzene rings is 1. The number of nitrogens with one attached hydrogen (secondary N) is 2. The lowest BCUT2D eigenvalue weighted by molar-refractivity contribution is 0.195. The van der Waals surface area contributed by atoms with Crippen LogP contribution in [0.3, 0.4) is 0 Å². The second-order valence-corrected chi connectivity index (χ2v) is 6.46. The number of piperidine rings is 1. The molecule has 0 saturated carbocycles. The molecule has 0 radical (unpaired) electrons. The highest BCUT2D eigenvalue weighted by molar-refractivity contribution is 5.79. The van der Waals surface area contributed by atoms with Gasteiger partial charge in [0.05, 0.1) is 0 Å². The van der Waals surface area contributed by atoms with E-state index < -0.39 is 0 Å². The minimum Gasteiger partial charge on any atom is -0.355 e. The summed E-state index contributed by atoms with van der Waals surface area (Å²) >= 11 is 0. The number of halogens is 1. The van der Waals surface area contributed by atoms with Gasteiger partial charge in [-0.25, -0.2) is 4.39 Å². The third-order valence-corrected chi connectivity index (χ3v) is 4.50. The van der Waals surface area contributed by atoms with Crippen LogP contribution in [0.1, 0.15) is 30.9 Å². The van der Waals surface area contributed by atoms with E-state index in [1.807, 2.05) is 6.07 Å². The molecule has 0 bridgehead atoms. The van der Waals surface area contributed by atoms with Crippen LogP contribution in [-0.2, 0) is 6.54 Å². The molecule has 1 aromatic rings. The van der Waals surface area contributed by atoms with Crippen LogP contribution in [-0.4, -0.2) is 44.1 Å². The molecule has 2 rings (SSSR count). The van der Waals surface area contributed by atoms with Crippen molar-refractivity contribution in [2.24, 2.45) is 10.9 Å². The fraction of sp³-hybridized carbons (Fsp3) is 0.611. The van der Waals surface area contributed by atoms with Crippen molar-refractivity contribution in [3.63, 3.8) is 0 Å². The first-order valence-electron chi connectivity index (χ1n) is 8.50. The van der Waals surface area contributed by atoms with Gasteiger partial charge in [-0.1, -0.05) is 19.1 Å². The summed E-state index contributed by atoms with van der Waals surface area (Å²) in [4.78, 5) is 6.74. The number of rotatable bonds is 5. The molecular weight excluding hydrogens is 291 g/mol. The van der Waals surface area contributed by atoms with Gasteiger partial charge in [0.15, 0.2) is 5.96 Å². The summed E-state index contributed by atoms with van der Waals surface area (Å²) in [6.45, 7) is 9.08. The van der Waals surface area contributed by atoms with E-state index in [2.05, 4.69) is 27.4 Å². The third-order valence-electron chi connectivity index (χ3n) is 4.50. The van der Waals surface area contributed by atoms with Crippen LogP contribution in [0.5, 0.6) is 0 Å². The van der Waals surface area contributed by atoms with Crippen molar-refractivity contribution in [1.29, 1.82) is 0 Å². The lowest BCUT2D eigenvalue weighted by Crippen LogP contribution is -2.43. The van der Waals surface area contributed by atoms with Gasteiger partial charge in [0, 0.05) is 26.7 Å². The van der Waals surface area contributed by atoms with Gasteiger partial charge in [-0.3, -0.25) is 4.99 Å². The maximum atomic E-state index is 13.3. The maximum absolute atomic E-state index is 13.3. The Morgan fingerprint density at radius 1 is 1.30 bits per heavy atom. The number of hydrogen-bond donors (Lipinski definition) is 2. The van der Waals surface area contributed by atoms with Crippen molar-refractivity contribution in [3.8, 4) is 0 Å². The van der Waals surface area contributed by atoms with Crippen LogP contribution in [0.2, 0.25) is 0 Å². The molecule has 23 heavy (non-hydrogen) atoms. The van der Waals surface area contributed by atoms with Crippen LogP contribution in [0.4, 0.5) is 4.39 Å². The van der Waals surface area contributed by atoms with Gasteiger partial charge < -0.3 is 15.5 Å². The first-order chi connectivity index (χ1) is 11.1. The first kappa shape index (κ1) is 17.7. The third kappa shape index (κ3) is 5.82. The van der Waals surface area contributed by atoms with Gasteiger partial charge in [-0.05, 0) is 56.0 Å². The summed E-state index contributed by atoms with van der Waals surface area (Å²) in [7, 11) is 1.77. The quantitative estimate of drug-likeness (QED) is 0.647. The smallest absolute Gasteiger partial charge is 0.191 e. The zero-order chi connectivity index (χ0) is 16.7. The number of nitrogens with zero attached hydrogens (tertiary/aromatic N) is 2. The SMILES string of the molecule is CN=C(NCCN1CCC(C)CC1)NCc1ccc(F)c(C)c1. The lowest BCUT2D eigenvalue weighted by Gasteiger charge is -2.30. The molecule has 2 N–H and O–H groups in total. The molecule has 1 fully saturated rings. The number of aliphatic imine (C=N–C) groups is 1. The Morgan fingerprint density at radius 3 is 2.70 bits per heavy atom. The highest BCUT2D eigenvalue weighted by Gasteiger charge is 2.14. The summed E-state index contributed by atoms with van der Waals surface area (Å²) in [6, 6.07) is 5.18. The summed E-state index contributed by atoms with van der Waals surface area (Å²) in [5, 5.41) is 6.62. The Bertz CT molecular complexity index is 522.